The predicted molar refractivity (Wildman–Crippen MR) is 34.3 cm³/mol. The lowest BCUT2D eigenvalue weighted by Gasteiger charge is -2.02. The average molecular weight is 125 g/mol. The fourth-order valence-corrected chi connectivity index (χ4v) is 0.436. The minimum atomic E-state index is 0.247. The molecule has 9 heavy (non-hydrogen) atoms. The maximum Gasteiger partial charge on any atom is 0.417 e. The lowest BCUT2D eigenvalue weighted by atomic mass is 10.1. The van der Waals surface area contributed by atoms with Gasteiger partial charge in [0.1, 0.15) is 0 Å². The van der Waals surface area contributed by atoms with Crippen LogP contribution in [0.4, 0.5) is 0 Å². The summed E-state index contributed by atoms with van der Waals surface area (Å²) in [6.07, 6.45) is 5.64. The van der Waals surface area contributed by atoms with E-state index >= 15 is 0 Å². The highest BCUT2D eigenvalue weighted by atomic mass is 16.5. The van der Waals surface area contributed by atoms with Gasteiger partial charge in [-0.1, -0.05) is 6.92 Å². The highest BCUT2D eigenvalue weighted by Gasteiger charge is 1.98. The fourth-order valence-electron chi connectivity index (χ4n) is 0.436. The van der Waals surface area contributed by atoms with E-state index in [1.807, 2.05) is 6.92 Å². The highest BCUT2D eigenvalue weighted by molar-refractivity contribution is 5.38. The third-order valence-corrected chi connectivity index (χ3v) is 0.893. The summed E-state index contributed by atoms with van der Waals surface area (Å²) in [6.45, 7) is 3.62. The van der Waals surface area contributed by atoms with Crippen LogP contribution in [0.5, 0.6) is 0 Å². The van der Waals surface area contributed by atoms with E-state index in [2.05, 4.69) is 10.7 Å². The van der Waals surface area contributed by atoms with Gasteiger partial charge in [-0.15, -0.1) is 12.3 Å². The summed E-state index contributed by atoms with van der Waals surface area (Å²) in [5, 5.41) is 0. The normalized spacial score (nSPS) is 11.6. The van der Waals surface area contributed by atoms with Crippen molar-refractivity contribution in [2.24, 2.45) is 5.92 Å². The third kappa shape index (κ3) is 4.89. The van der Waals surface area contributed by atoms with Crippen molar-refractivity contribution >= 4 is 6.47 Å². The number of hydrogen-bond donors (Lipinski definition) is 0. The van der Waals surface area contributed by atoms with Gasteiger partial charge < -0.3 is 4.74 Å². The average Bonchev–Trinajstić information content (AvgIpc) is 1.85. The molecule has 0 saturated carbocycles. The Bertz CT molecular complexity index is 113. The third-order valence-electron chi connectivity index (χ3n) is 0.893. The first kappa shape index (κ1) is 8.03. The van der Waals surface area contributed by atoms with E-state index in [-0.39, 0.29) is 5.92 Å². The van der Waals surface area contributed by atoms with E-state index in [9.17, 15) is 4.79 Å². The quantitative estimate of drug-likeness (QED) is 0.518. The van der Waals surface area contributed by atoms with E-state index in [4.69, 9.17) is 6.42 Å². The van der Waals surface area contributed by atoms with Crippen molar-refractivity contribution in [2.45, 2.75) is 13.3 Å². The number of hydrogen-bond acceptors (Lipinski definition) is 2. The van der Waals surface area contributed by atoms with Gasteiger partial charge in [0, 0.05) is 12.3 Å². The van der Waals surface area contributed by atoms with Crippen LogP contribution in [0.15, 0.2) is 0 Å². The zero-order chi connectivity index (χ0) is 7.11. The van der Waals surface area contributed by atoms with Crippen LogP contribution < -0.4 is 0 Å². The van der Waals surface area contributed by atoms with Gasteiger partial charge in [0.25, 0.3) is 0 Å². The molecule has 0 aliphatic carbocycles. The summed E-state index contributed by atoms with van der Waals surface area (Å²) in [5.74, 6) is 2.71. The molecule has 0 heterocycles. The summed E-state index contributed by atoms with van der Waals surface area (Å²) in [7, 11) is 0. The zero-order valence-electron chi connectivity index (χ0n) is 5.39. The minimum Gasteiger partial charge on any atom is -0.457 e. The van der Waals surface area contributed by atoms with E-state index < -0.39 is 0 Å². The Morgan fingerprint density at radius 3 is 2.89 bits per heavy atom. The molecule has 0 fully saturated rings. The molecule has 0 N–H and O–H groups in total. The van der Waals surface area contributed by atoms with Crippen molar-refractivity contribution in [1.82, 2.24) is 0 Å². The molecule has 1 radical (unpaired) electrons. The highest BCUT2D eigenvalue weighted by Crippen LogP contribution is 1.98. The molecular formula is C7H9O2. The van der Waals surface area contributed by atoms with Crippen LogP contribution in [0.3, 0.4) is 0 Å². The van der Waals surface area contributed by atoms with Gasteiger partial charge in [-0.3, -0.25) is 0 Å². The zero-order valence-corrected chi connectivity index (χ0v) is 5.39. The first-order valence-electron chi connectivity index (χ1n) is 2.73. The van der Waals surface area contributed by atoms with Crippen molar-refractivity contribution in [3.8, 4) is 12.3 Å². The van der Waals surface area contributed by atoms with E-state index in [1.165, 1.54) is 6.47 Å². The smallest absolute Gasteiger partial charge is 0.417 e. The summed E-state index contributed by atoms with van der Waals surface area (Å²) in [6, 6.07) is 0. The van der Waals surface area contributed by atoms with E-state index in [0.29, 0.717) is 13.0 Å². The van der Waals surface area contributed by atoms with Crippen molar-refractivity contribution in [3.05, 3.63) is 0 Å². The van der Waals surface area contributed by atoms with Gasteiger partial charge >= 0.3 is 6.47 Å². The number of carbonyl (C=O) groups excluding carboxylic acids is 1. The second kappa shape index (κ2) is 5.17. The molecule has 0 aliphatic rings. The minimum absolute atomic E-state index is 0.247. The molecule has 0 rings (SSSR count). The Hall–Kier alpha value is -0.970. The first-order valence-corrected chi connectivity index (χ1v) is 2.73. The molecule has 1 atom stereocenters. The van der Waals surface area contributed by atoms with Crippen LogP contribution in [0.1, 0.15) is 13.3 Å². The van der Waals surface area contributed by atoms with Crippen molar-refractivity contribution in [2.75, 3.05) is 6.61 Å². The van der Waals surface area contributed by atoms with Gasteiger partial charge in [-0.25, -0.2) is 4.79 Å². The van der Waals surface area contributed by atoms with Crippen molar-refractivity contribution in [1.29, 1.82) is 0 Å². The van der Waals surface area contributed by atoms with Crippen LogP contribution in [0.25, 0.3) is 0 Å². The molecule has 1 unspecified atom stereocenters. The molecule has 0 aromatic heterocycles. The maximum absolute atomic E-state index is 9.51. The summed E-state index contributed by atoms with van der Waals surface area (Å²) in [4.78, 5) is 9.51. The molecule has 2 heteroatoms. The van der Waals surface area contributed by atoms with Crippen molar-refractivity contribution in [3.63, 3.8) is 0 Å². The van der Waals surface area contributed by atoms with Crippen LogP contribution in [-0.4, -0.2) is 13.1 Å². The Morgan fingerprint density at radius 1 is 1.78 bits per heavy atom. The van der Waals surface area contributed by atoms with Crippen LogP contribution >= 0.6 is 0 Å². The van der Waals surface area contributed by atoms with Crippen LogP contribution in [0.2, 0.25) is 0 Å². The van der Waals surface area contributed by atoms with Crippen molar-refractivity contribution < 1.29 is 9.53 Å². The van der Waals surface area contributed by atoms with Gasteiger partial charge in [0.2, 0.25) is 0 Å². The van der Waals surface area contributed by atoms with Gasteiger partial charge in [-0.05, 0) is 0 Å². The standard InChI is InChI=1S/C7H9O2/c1-3-4-7(2)5-9-6-8/h1,7H,4-5H2,2H3. The predicted octanol–water partition coefficient (Wildman–Crippen LogP) is 0.730. The molecule has 0 aromatic carbocycles. The lowest BCUT2D eigenvalue weighted by molar-refractivity contribution is 0.234. The van der Waals surface area contributed by atoms with E-state index in [0.717, 1.165) is 0 Å². The van der Waals surface area contributed by atoms with Gasteiger partial charge in [0.05, 0.1) is 6.61 Å². The molecular weight excluding hydrogens is 116 g/mol. The monoisotopic (exact) mass is 125 g/mol. The molecule has 0 amide bonds. The maximum atomic E-state index is 9.51. The molecule has 0 saturated heterocycles. The molecule has 0 aliphatic heterocycles. The topological polar surface area (TPSA) is 26.3 Å². The fraction of sp³-hybridized carbons (Fsp3) is 0.571. The summed E-state index contributed by atoms with van der Waals surface area (Å²) >= 11 is 0. The van der Waals surface area contributed by atoms with Crippen LogP contribution in [0, 0.1) is 18.3 Å². The second-order valence-corrected chi connectivity index (χ2v) is 1.91. The molecule has 0 bridgehead atoms. The van der Waals surface area contributed by atoms with Gasteiger partial charge in [0.15, 0.2) is 0 Å². The summed E-state index contributed by atoms with van der Waals surface area (Å²) in [5.41, 5.74) is 0. The Balaban J connectivity index is 3.17. The van der Waals surface area contributed by atoms with Gasteiger partial charge in [-0.2, -0.15) is 0 Å². The van der Waals surface area contributed by atoms with E-state index in [1.54, 1.807) is 0 Å². The second-order valence-electron chi connectivity index (χ2n) is 1.91. The SMILES string of the molecule is C#CCC(C)CO[C]=O. The number of rotatable bonds is 4. The molecule has 0 spiro atoms. The number of terminal acetylenes is 1. The first-order chi connectivity index (χ1) is 4.31. The molecule has 2 nitrogen and oxygen atoms in total. The summed E-state index contributed by atoms with van der Waals surface area (Å²) < 4.78 is 4.35. The number of ether oxygens (including phenoxy) is 1. The Morgan fingerprint density at radius 2 is 2.44 bits per heavy atom. The largest absolute Gasteiger partial charge is 0.457 e. The Kier molecular flexibility index (Phi) is 4.61. The Labute approximate surface area is 55.2 Å². The lowest BCUT2D eigenvalue weighted by Crippen LogP contribution is -2.03. The van der Waals surface area contributed by atoms with Crippen LogP contribution in [-0.2, 0) is 9.53 Å². The molecule has 0 aromatic rings. The molecule has 49 valence electrons.